The molecule has 13 rings (SSSR count). The van der Waals surface area contributed by atoms with Crippen molar-refractivity contribution in [1.29, 1.82) is 0 Å². The molecule has 3 nitrogen and oxygen atoms in total. The van der Waals surface area contributed by atoms with Gasteiger partial charge in [-0.25, -0.2) is 9.97 Å². The Morgan fingerprint density at radius 2 is 0.562 bits per heavy atom. The number of hydrogen-bond acceptors (Lipinski definition) is 2. The summed E-state index contributed by atoms with van der Waals surface area (Å²) < 4.78 is 2.39. The van der Waals surface area contributed by atoms with Crippen molar-refractivity contribution in [3.05, 3.63) is 285 Å². The van der Waals surface area contributed by atoms with Gasteiger partial charge in [0.25, 0.3) is 0 Å². The molecule has 0 spiro atoms. The summed E-state index contributed by atoms with van der Waals surface area (Å²) in [5.41, 5.74) is 22.2. The van der Waals surface area contributed by atoms with Gasteiger partial charge in [-0.2, -0.15) is 0 Å². The van der Waals surface area contributed by atoms with E-state index in [2.05, 4.69) is 290 Å². The standard InChI is InChI=1S/C70H47N3/c1-4-16-48(17-5-1)55-22-12-24-57(42-55)52-34-38-54(39-35-52)70-71-66(53-36-32-51(33-37-53)58-25-14-27-60(44-58)59-26-13-23-56(43-59)49-18-6-2-7-19-49)47-67(72-70)62-40-41-65-64-30-10-11-31-68(64)73(69(65)46-62)63-29-15-28-61(45-63)50-20-8-3-9-21-50/h1-47H. The van der Waals surface area contributed by atoms with Crippen molar-refractivity contribution >= 4 is 21.8 Å². The number of fused-ring (bicyclic) bond motifs is 3. The van der Waals surface area contributed by atoms with E-state index in [0.29, 0.717) is 5.82 Å². The quantitative estimate of drug-likeness (QED) is 0.137. The monoisotopic (exact) mass is 929 g/mol. The molecule has 2 aromatic heterocycles. The molecule has 0 saturated carbocycles. The van der Waals surface area contributed by atoms with Gasteiger partial charge in [0.2, 0.25) is 0 Å². The van der Waals surface area contributed by atoms with Crippen molar-refractivity contribution in [2.24, 2.45) is 0 Å². The fourth-order valence-corrected chi connectivity index (χ4v) is 10.3. The maximum absolute atomic E-state index is 5.38. The minimum Gasteiger partial charge on any atom is -0.309 e. The first-order valence-electron chi connectivity index (χ1n) is 24.9. The molecule has 0 atom stereocenters. The highest BCUT2D eigenvalue weighted by Gasteiger charge is 2.17. The fraction of sp³-hybridized carbons (Fsp3) is 0. The van der Waals surface area contributed by atoms with Crippen LogP contribution in [-0.2, 0) is 0 Å². The van der Waals surface area contributed by atoms with E-state index in [4.69, 9.17) is 9.97 Å². The normalized spacial score (nSPS) is 11.3. The van der Waals surface area contributed by atoms with E-state index in [9.17, 15) is 0 Å². The summed E-state index contributed by atoms with van der Waals surface area (Å²) in [6.07, 6.45) is 0. The predicted molar refractivity (Wildman–Crippen MR) is 305 cm³/mol. The average Bonchev–Trinajstić information content (AvgIpc) is 3.82. The molecule has 13 aromatic rings. The lowest BCUT2D eigenvalue weighted by Gasteiger charge is -2.13. The van der Waals surface area contributed by atoms with Gasteiger partial charge >= 0.3 is 0 Å². The summed E-state index contributed by atoms with van der Waals surface area (Å²) >= 11 is 0. The summed E-state index contributed by atoms with van der Waals surface area (Å²) in [4.78, 5) is 10.7. The largest absolute Gasteiger partial charge is 0.309 e. The molecule has 11 aromatic carbocycles. The van der Waals surface area contributed by atoms with Gasteiger partial charge in [0.1, 0.15) is 0 Å². The average molecular weight is 930 g/mol. The van der Waals surface area contributed by atoms with Crippen LogP contribution in [0.25, 0.3) is 128 Å². The summed E-state index contributed by atoms with van der Waals surface area (Å²) in [5.74, 6) is 0.669. The van der Waals surface area contributed by atoms with Crippen molar-refractivity contribution < 1.29 is 0 Å². The predicted octanol–water partition coefficient (Wildman–Crippen LogP) is 18.6. The van der Waals surface area contributed by atoms with Crippen LogP contribution in [0.4, 0.5) is 0 Å². The number of benzene rings is 11. The van der Waals surface area contributed by atoms with E-state index in [1.54, 1.807) is 0 Å². The van der Waals surface area contributed by atoms with Crippen LogP contribution in [-0.4, -0.2) is 14.5 Å². The van der Waals surface area contributed by atoms with Gasteiger partial charge in [0.05, 0.1) is 22.4 Å². The molecule has 2 heterocycles. The Bertz CT molecular complexity index is 4100. The molecule has 0 fully saturated rings. The van der Waals surface area contributed by atoms with Crippen LogP contribution < -0.4 is 0 Å². The third-order valence-corrected chi connectivity index (χ3v) is 14.0. The number of aromatic nitrogens is 3. The molecule has 0 saturated heterocycles. The number of para-hydroxylation sites is 1. The molecule has 0 aliphatic carbocycles. The molecule has 0 N–H and O–H groups in total. The Balaban J connectivity index is 0.901. The van der Waals surface area contributed by atoms with E-state index in [-0.39, 0.29) is 0 Å². The Morgan fingerprint density at radius 3 is 1.08 bits per heavy atom. The highest BCUT2D eigenvalue weighted by molar-refractivity contribution is 6.10. The highest BCUT2D eigenvalue weighted by Crippen LogP contribution is 2.38. The zero-order valence-corrected chi connectivity index (χ0v) is 40.0. The number of hydrogen-bond donors (Lipinski definition) is 0. The van der Waals surface area contributed by atoms with Gasteiger partial charge < -0.3 is 4.57 Å². The molecule has 0 aliphatic rings. The highest BCUT2D eigenvalue weighted by atomic mass is 15.0. The topological polar surface area (TPSA) is 30.7 Å². The molecule has 0 bridgehead atoms. The molecule has 0 unspecified atom stereocenters. The minimum absolute atomic E-state index is 0.669. The van der Waals surface area contributed by atoms with E-state index in [1.165, 1.54) is 55.3 Å². The van der Waals surface area contributed by atoms with E-state index in [1.807, 2.05) is 0 Å². The lowest BCUT2D eigenvalue weighted by atomic mass is 9.95. The lowest BCUT2D eigenvalue weighted by Crippen LogP contribution is -1.97. The van der Waals surface area contributed by atoms with Crippen LogP contribution in [0, 0.1) is 0 Å². The SMILES string of the molecule is c1ccc(-c2cccc(-c3ccc(-c4nc(-c5ccc(-c6cccc(-c7cccc(-c8ccccc8)c7)c6)cc5)cc(-c5ccc6c7ccccc7n(-c7cccc(-c8ccccc8)c7)c6c5)n4)cc3)c2)cc1. The van der Waals surface area contributed by atoms with Gasteiger partial charge in [-0.1, -0.05) is 237 Å². The molecular weight excluding hydrogens is 883 g/mol. The molecule has 0 amide bonds. The summed E-state index contributed by atoms with van der Waals surface area (Å²) in [5, 5.41) is 2.40. The smallest absolute Gasteiger partial charge is 0.160 e. The first-order valence-corrected chi connectivity index (χ1v) is 24.9. The third-order valence-electron chi connectivity index (χ3n) is 14.0. The third kappa shape index (κ3) is 8.60. The Hall–Kier alpha value is -9.70. The minimum atomic E-state index is 0.669. The van der Waals surface area contributed by atoms with E-state index >= 15 is 0 Å². The van der Waals surface area contributed by atoms with Crippen molar-refractivity contribution in [3.8, 4) is 106 Å². The van der Waals surface area contributed by atoms with E-state index in [0.717, 1.165) is 67.1 Å². The van der Waals surface area contributed by atoms with Crippen LogP contribution in [0.1, 0.15) is 0 Å². The Morgan fingerprint density at radius 1 is 0.205 bits per heavy atom. The van der Waals surface area contributed by atoms with Gasteiger partial charge in [-0.15, -0.1) is 0 Å². The maximum Gasteiger partial charge on any atom is 0.160 e. The van der Waals surface area contributed by atoms with Crippen molar-refractivity contribution in [2.75, 3.05) is 0 Å². The second-order valence-electron chi connectivity index (χ2n) is 18.6. The van der Waals surface area contributed by atoms with Gasteiger partial charge in [0.15, 0.2) is 5.82 Å². The van der Waals surface area contributed by atoms with Crippen LogP contribution >= 0.6 is 0 Å². The summed E-state index contributed by atoms with van der Waals surface area (Å²) in [7, 11) is 0. The van der Waals surface area contributed by atoms with Crippen molar-refractivity contribution in [3.63, 3.8) is 0 Å². The fourth-order valence-electron chi connectivity index (χ4n) is 10.3. The van der Waals surface area contributed by atoms with E-state index < -0.39 is 0 Å². The van der Waals surface area contributed by atoms with Crippen LogP contribution in [0.15, 0.2) is 285 Å². The molecule has 0 aliphatic heterocycles. The van der Waals surface area contributed by atoms with Crippen LogP contribution in [0.3, 0.4) is 0 Å². The van der Waals surface area contributed by atoms with Crippen LogP contribution in [0.2, 0.25) is 0 Å². The zero-order chi connectivity index (χ0) is 48.5. The number of nitrogens with zero attached hydrogens (tertiary/aromatic N) is 3. The Labute approximate surface area is 425 Å². The van der Waals surface area contributed by atoms with Crippen molar-refractivity contribution in [1.82, 2.24) is 14.5 Å². The molecule has 3 heteroatoms. The summed E-state index contributed by atoms with van der Waals surface area (Å²) in [6.45, 7) is 0. The summed E-state index contributed by atoms with van der Waals surface area (Å²) in [6, 6.07) is 102. The zero-order valence-electron chi connectivity index (χ0n) is 40.0. The van der Waals surface area contributed by atoms with Crippen LogP contribution in [0.5, 0.6) is 0 Å². The molecule has 342 valence electrons. The Kier molecular flexibility index (Phi) is 11.2. The molecule has 0 radical (unpaired) electrons. The van der Waals surface area contributed by atoms with Gasteiger partial charge in [-0.3, -0.25) is 0 Å². The number of rotatable bonds is 10. The first-order chi connectivity index (χ1) is 36.1. The van der Waals surface area contributed by atoms with Gasteiger partial charge in [0, 0.05) is 33.2 Å². The molecular formula is C70H47N3. The van der Waals surface area contributed by atoms with Crippen molar-refractivity contribution in [2.45, 2.75) is 0 Å². The first kappa shape index (κ1) is 43.3. The lowest BCUT2D eigenvalue weighted by molar-refractivity contribution is 1.17. The second kappa shape index (κ2) is 18.9. The maximum atomic E-state index is 5.38. The van der Waals surface area contributed by atoms with Gasteiger partial charge in [-0.05, 0) is 115 Å². The molecule has 73 heavy (non-hydrogen) atoms. The second-order valence-corrected chi connectivity index (χ2v) is 18.6.